The summed E-state index contributed by atoms with van der Waals surface area (Å²) in [5, 5.41) is 2.78. The normalized spacial score (nSPS) is 10.3. The minimum absolute atomic E-state index is 0.273. The molecule has 0 fully saturated rings. The van der Waals surface area contributed by atoms with Crippen molar-refractivity contribution in [2.24, 2.45) is 0 Å². The van der Waals surface area contributed by atoms with Crippen molar-refractivity contribution >= 4 is 11.6 Å². The molecule has 0 atom stereocenters. The molecule has 1 amide bonds. The van der Waals surface area contributed by atoms with Gasteiger partial charge in [-0.2, -0.15) is 0 Å². The predicted molar refractivity (Wildman–Crippen MR) is 89.1 cm³/mol. The van der Waals surface area contributed by atoms with Crippen LogP contribution in [0.1, 0.15) is 21.9 Å². The molecule has 0 spiro atoms. The van der Waals surface area contributed by atoms with Crippen LogP contribution in [0.4, 0.5) is 5.69 Å². The largest absolute Gasteiger partial charge is 0.457 e. The van der Waals surface area contributed by atoms with E-state index in [4.69, 9.17) is 9.15 Å². The number of carbonyl (C=O) groups excluding carboxylic acids is 1. The second-order valence-corrected chi connectivity index (χ2v) is 5.31. The molecule has 116 valence electrons. The van der Waals surface area contributed by atoms with E-state index in [1.807, 2.05) is 43.3 Å². The fraction of sp³-hybridized carbons (Fsp3) is 0.105. The van der Waals surface area contributed by atoms with E-state index in [1.54, 1.807) is 31.2 Å². The second-order valence-electron chi connectivity index (χ2n) is 5.31. The molecule has 0 aliphatic carbocycles. The van der Waals surface area contributed by atoms with Gasteiger partial charge in [-0.1, -0.05) is 12.1 Å². The summed E-state index contributed by atoms with van der Waals surface area (Å²) in [7, 11) is 0. The van der Waals surface area contributed by atoms with Crippen LogP contribution < -0.4 is 10.1 Å². The molecular formula is C19H17NO3. The highest BCUT2D eigenvalue weighted by Crippen LogP contribution is 2.24. The summed E-state index contributed by atoms with van der Waals surface area (Å²) < 4.78 is 11.1. The molecule has 0 saturated heterocycles. The molecule has 3 rings (SSSR count). The number of carbonyl (C=O) groups is 1. The molecule has 1 aromatic heterocycles. The Morgan fingerprint density at radius 1 is 0.957 bits per heavy atom. The predicted octanol–water partition coefficient (Wildman–Crippen LogP) is 4.94. The standard InChI is InChI=1S/C19H17NO3/c1-13-4-3-5-17(12-13)23-16-9-7-15(8-10-16)20-19(21)18-11-6-14(2)22-18/h3-12H,1-2H3,(H,20,21). The molecule has 23 heavy (non-hydrogen) atoms. The number of amides is 1. The maximum atomic E-state index is 12.0. The van der Waals surface area contributed by atoms with Crippen LogP contribution in [0.2, 0.25) is 0 Å². The minimum atomic E-state index is -0.273. The number of nitrogens with one attached hydrogen (secondary N) is 1. The van der Waals surface area contributed by atoms with Crippen LogP contribution in [-0.2, 0) is 0 Å². The first-order chi connectivity index (χ1) is 11.1. The topological polar surface area (TPSA) is 51.5 Å². The van der Waals surface area contributed by atoms with Gasteiger partial charge in [0.1, 0.15) is 17.3 Å². The van der Waals surface area contributed by atoms with Crippen LogP contribution in [-0.4, -0.2) is 5.91 Å². The number of benzene rings is 2. The number of hydrogen-bond acceptors (Lipinski definition) is 3. The molecule has 0 saturated carbocycles. The number of rotatable bonds is 4. The SMILES string of the molecule is Cc1cccc(Oc2ccc(NC(=O)c3ccc(C)o3)cc2)c1. The third-order valence-electron chi connectivity index (χ3n) is 3.30. The van der Waals surface area contributed by atoms with Gasteiger partial charge in [0.15, 0.2) is 5.76 Å². The van der Waals surface area contributed by atoms with E-state index in [2.05, 4.69) is 5.32 Å². The van der Waals surface area contributed by atoms with Gasteiger partial charge in [-0.3, -0.25) is 4.79 Å². The highest BCUT2D eigenvalue weighted by Gasteiger charge is 2.10. The van der Waals surface area contributed by atoms with E-state index in [9.17, 15) is 4.79 Å². The van der Waals surface area contributed by atoms with E-state index in [1.165, 1.54) is 0 Å². The summed E-state index contributed by atoms with van der Waals surface area (Å²) in [5.74, 6) is 2.22. The number of furan rings is 1. The fourth-order valence-corrected chi connectivity index (χ4v) is 2.17. The Hall–Kier alpha value is -3.01. The van der Waals surface area contributed by atoms with Crippen molar-refractivity contribution < 1.29 is 13.9 Å². The van der Waals surface area contributed by atoms with Crippen molar-refractivity contribution in [1.29, 1.82) is 0 Å². The van der Waals surface area contributed by atoms with Crippen molar-refractivity contribution in [2.45, 2.75) is 13.8 Å². The zero-order valence-electron chi connectivity index (χ0n) is 13.0. The van der Waals surface area contributed by atoms with Gasteiger partial charge < -0.3 is 14.5 Å². The quantitative estimate of drug-likeness (QED) is 0.742. The highest BCUT2D eigenvalue weighted by molar-refractivity contribution is 6.02. The minimum Gasteiger partial charge on any atom is -0.457 e. The van der Waals surface area contributed by atoms with Crippen molar-refractivity contribution in [3.63, 3.8) is 0 Å². The first-order valence-electron chi connectivity index (χ1n) is 7.32. The first kappa shape index (κ1) is 14.9. The van der Waals surface area contributed by atoms with Gasteiger partial charge in [-0.05, 0) is 67.9 Å². The summed E-state index contributed by atoms with van der Waals surface area (Å²) in [4.78, 5) is 12.0. The molecule has 0 radical (unpaired) electrons. The van der Waals surface area contributed by atoms with E-state index >= 15 is 0 Å². The molecule has 1 N–H and O–H groups in total. The summed E-state index contributed by atoms with van der Waals surface area (Å²) in [6, 6.07) is 18.4. The molecule has 0 unspecified atom stereocenters. The molecule has 2 aromatic carbocycles. The van der Waals surface area contributed by atoms with Gasteiger partial charge in [0.05, 0.1) is 0 Å². The monoisotopic (exact) mass is 307 g/mol. The lowest BCUT2D eigenvalue weighted by atomic mass is 10.2. The number of hydrogen-bond donors (Lipinski definition) is 1. The van der Waals surface area contributed by atoms with E-state index in [0.29, 0.717) is 23.0 Å². The average molecular weight is 307 g/mol. The average Bonchev–Trinajstić information content (AvgIpc) is 2.96. The summed E-state index contributed by atoms with van der Waals surface area (Å²) in [6.07, 6.45) is 0. The van der Waals surface area contributed by atoms with Crippen LogP contribution in [0.3, 0.4) is 0 Å². The summed E-state index contributed by atoms with van der Waals surface area (Å²) >= 11 is 0. The van der Waals surface area contributed by atoms with Gasteiger partial charge in [0, 0.05) is 5.69 Å². The Bertz CT molecular complexity index is 819. The Labute approximate surface area is 134 Å². The van der Waals surface area contributed by atoms with Crippen molar-refractivity contribution in [1.82, 2.24) is 0 Å². The molecule has 1 heterocycles. The second kappa shape index (κ2) is 6.40. The Morgan fingerprint density at radius 2 is 1.74 bits per heavy atom. The lowest BCUT2D eigenvalue weighted by Gasteiger charge is -2.08. The fourth-order valence-electron chi connectivity index (χ4n) is 2.17. The zero-order valence-corrected chi connectivity index (χ0v) is 13.0. The smallest absolute Gasteiger partial charge is 0.291 e. The van der Waals surface area contributed by atoms with E-state index in [-0.39, 0.29) is 5.91 Å². The molecule has 4 nitrogen and oxygen atoms in total. The van der Waals surface area contributed by atoms with Gasteiger partial charge >= 0.3 is 0 Å². The molecule has 0 bridgehead atoms. The van der Waals surface area contributed by atoms with Gasteiger partial charge in [-0.25, -0.2) is 0 Å². The third kappa shape index (κ3) is 3.80. The molecule has 0 aliphatic rings. The lowest BCUT2D eigenvalue weighted by molar-refractivity contribution is 0.0995. The summed E-state index contributed by atoms with van der Waals surface area (Å²) in [6.45, 7) is 3.82. The number of ether oxygens (including phenoxy) is 1. The number of anilines is 1. The Balaban J connectivity index is 1.66. The third-order valence-corrected chi connectivity index (χ3v) is 3.30. The maximum absolute atomic E-state index is 12.0. The van der Waals surface area contributed by atoms with Crippen molar-refractivity contribution in [3.05, 3.63) is 77.7 Å². The first-order valence-corrected chi connectivity index (χ1v) is 7.32. The molecule has 3 aromatic rings. The Morgan fingerprint density at radius 3 is 2.39 bits per heavy atom. The van der Waals surface area contributed by atoms with Gasteiger partial charge in [-0.15, -0.1) is 0 Å². The Kier molecular flexibility index (Phi) is 4.15. The number of aryl methyl sites for hydroxylation is 2. The van der Waals surface area contributed by atoms with Crippen molar-refractivity contribution in [3.8, 4) is 11.5 Å². The van der Waals surface area contributed by atoms with Gasteiger partial charge in [0.25, 0.3) is 5.91 Å². The van der Waals surface area contributed by atoms with E-state index < -0.39 is 0 Å². The lowest BCUT2D eigenvalue weighted by Crippen LogP contribution is -2.10. The van der Waals surface area contributed by atoms with Crippen LogP contribution in [0.15, 0.2) is 65.1 Å². The highest BCUT2D eigenvalue weighted by atomic mass is 16.5. The van der Waals surface area contributed by atoms with Crippen LogP contribution in [0.25, 0.3) is 0 Å². The van der Waals surface area contributed by atoms with Crippen LogP contribution in [0, 0.1) is 13.8 Å². The van der Waals surface area contributed by atoms with Crippen LogP contribution >= 0.6 is 0 Å². The molecular weight excluding hydrogens is 290 g/mol. The molecule has 0 aliphatic heterocycles. The van der Waals surface area contributed by atoms with Gasteiger partial charge in [0.2, 0.25) is 0 Å². The maximum Gasteiger partial charge on any atom is 0.291 e. The van der Waals surface area contributed by atoms with Crippen molar-refractivity contribution in [2.75, 3.05) is 5.32 Å². The summed E-state index contributed by atoms with van der Waals surface area (Å²) in [5.41, 5.74) is 1.82. The van der Waals surface area contributed by atoms with E-state index in [0.717, 1.165) is 11.3 Å². The van der Waals surface area contributed by atoms with Crippen LogP contribution in [0.5, 0.6) is 11.5 Å². The zero-order chi connectivity index (χ0) is 16.2. The molecule has 4 heteroatoms.